The molecule has 5 aliphatic rings. The number of amides is 1. The Kier molecular flexibility index (Phi) is 5.71. The number of ketones is 1. The van der Waals surface area contributed by atoms with E-state index in [4.69, 9.17) is 4.74 Å². The summed E-state index contributed by atoms with van der Waals surface area (Å²) in [6.07, 6.45) is 4.76. The number of nitrogens with one attached hydrogen (secondary N) is 1. The first-order valence-corrected chi connectivity index (χ1v) is 15.2. The number of hydrogen-bond acceptors (Lipinski definition) is 5. The van der Waals surface area contributed by atoms with E-state index in [1.165, 1.54) is 24.0 Å². The highest BCUT2D eigenvalue weighted by molar-refractivity contribution is 5.99. The summed E-state index contributed by atoms with van der Waals surface area (Å²) in [7, 11) is 0. The lowest BCUT2D eigenvalue weighted by Crippen LogP contribution is -2.76. The molecule has 0 aromatic heterocycles. The second kappa shape index (κ2) is 9.27. The molecule has 2 bridgehead atoms. The Balaban J connectivity index is 1.04. The molecule has 0 radical (unpaired) electrons. The largest absolute Gasteiger partial charge is 0.480 e. The number of ether oxygens (including phenoxy) is 1. The molecule has 3 aromatic carbocycles. The average Bonchev–Trinajstić information content (AvgIpc) is 3.74. The summed E-state index contributed by atoms with van der Waals surface area (Å²) in [4.78, 5) is 29.3. The maximum absolute atomic E-state index is 13.5. The highest BCUT2D eigenvalue weighted by Crippen LogP contribution is 2.64. The van der Waals surface area contributed by atoms with Crippen LogP contribution in [0.1, 0.15) is 59.2 Å². The average molecular weight is 549 g/mol. The Morgan fingerprint density at radius 2 is 1.78 bits per heavy atom. The van der Waals surface area contributed by atoms with Gasteiger partial charge >= 0.3 is 0 Å². The van der Waals surface area contributed by atoms with Crippen molar-refractivity contribution >= 4 is 11.7 Å². The van der Waals surface area contributed by atoms with Gasteiger partial charge in [0.1, 0.15) is 5.75 Å². The number of benzene rings is 3. The van der Waals surface area contributed by atoms with Crippen molar-refractivity contribution in [2.24, 2.45) is 5.92 Å². The van der Waals surface area contributed by atoms with Gasteiger partial charge in [0.15, 0.2) is 11.9 Å². The van der Waals surface area contributed by atoms with Gasteiger partial charge in [0.05, 0.1) is 16.6 Å². The van der Waals surface area contributed by atoms with Gasteiger partial charge < -0.3 is 15.2 Å². The fourth-order valence-corrected chi connectivity index (χ4v) is 8.37. The molecule has 4 atom stereocenters. The summed E-state index contributed by atoms with van der Waals surface area (Å²) in [5.74, 6) is 1.12. The van der Waals surface area contributed by atoms with Gasteiger partial charge in [-0.1, -0.05) is 60.7 Å². The molecule has 2 aliphatic heterocycles. The summed E-state index contributed by atoms with van der Waals surface area (Å²) >= 11 is 0. The second-order valence-electron chi connectivity index (χ2n) is 12.8. The Morgan fingerprint density at radius 3 is 2.56 bits per heavy atom. The van der Waals surface area contributed by atoms with Crippen molar-refractivity contribution in [2.75, 3.05) is 19.6 Å². The molecule has 1 unspecified atom stereocenters. The lowest BCUT2D eigenvalue weighted by Gasteiger charge is -2.62. The Labute approximate surface area is 240 Å². The van der Waals surface area contributed by atoms with Crippen LogP contribution in [0.5, 0.6) is 5.75 Å². The molecule has 6 nitrogen and oxygen atoms in total. The van der Waals surface area contributed by atoms with Crippen LogP contribution in [0, 0.1) is 5.92 Å². The zero-order valence-corrected chi connectivity index (χ0v) is 23.3. The predicted molar refractivity (Wildman–Crippen MR) is 156 cm³/mol. The van der Waals surface area contributed by atoms with Crippen molar-refractivity contribution in [1.82, 2.24) is 10.2 Å². The first-order chi connectivity index (χ1) is 20.0. The van der Waals surface area contributed by atoms with E-state index in [2.05, 4.69) is 52.7 Å². The number of hydrogen-bond donors (Lipinski definition) is 2. The summed E-state index contributed by atoms with van der Waals surface area (Å²) in [6, 6.07) is 22.6. The number of likely N-dealkylation sites (tertiary alicyclic amines) is 1. The molecule has 1 saturated heterocycles. The number of piperidine rings is 1. The number of nitrogens with zero attached hydrogens (tertiary/aromatic N) is 1. The maximum atomic E-state index is 13.5. The third kappa shape index (κ3) is 3.76. The number of carbonyl (C=O) groups is 2. The van der Waals surface area contributed by atoms with Crippen molar-refractivity contribution < 1.29 is 19.4 Å². The van der Waals surface area contributed by atoms with E-state index in [0.717, 1.165) is 42.1 Å². The maximum Gasteiger partial charge on any atom is 0.255 e. The molecule has 1 amide bonds. The molecule has 2 heterocycles. The summed E-state index contributed by atoms with van der Waals surface area (Å²) in [6.45, 7) is 2.38. The van der Waals surface area contributed by atoms with Gasteiger partial charge in [-0.05, 0) is 79.3 Å². The van der Waals surface area contributed by atoms with Crippen LogP contribution in [0.15, 0.2) is 66.7 Å². The molecular formula is C35H36N2O4. The SMILES string of the molecule is O=C(NCCc1ccc(-c2ccccc2)cc1)c1ccc2c3c1OC1C(=O)CC[C@@]4(O)[C@@H](C2)N(CC2CC2)CC[C@]314. The van der Waals surface area contributed by atoms with Crippen LogP contribution in [0.2, 0.25) is 0 Å². The zero-order valence-electron chi connectivity index (χ0n) is 23.3. The first-order valence-electron chi connectivity index (χ1n) is 15.2. The minimum atomic E-state index is -1.02. The topological polar surface area (TPSA) is 78.9 Å². The Bertz CT molecular complexity index is 1530. The van der Waals surface area contributed by atoms with Crippen molar-refractivity contribution in [1.29, 1.82) is 0 Å². The van der Waals surface area contributed by atoms with E-state index in [-0.39, 0.29) is 17.7 Å². The molecule has 2 N–H and O–H groups in total. The summed E-state index contributed by atoms with van der Waals surface area (Å²) in [5, 5.41) is 15.5. The second-order valence-corrected chi connectivity index (χ2v) is 12.8. The summed E-state index contributed by atoms with van der Waals surface area (Å²) < 4.78 is 6.47. The van der Waals surface area contributed by atoms with Crippen LogP contribution in [0.25, 0.3) is 11.1 Å². The van der Waals surface area contributed by atoms with Crippen LogP contribution in [0.3, 0.4) is 0 Å². The lowest BCUT2D eigenvalue weighted by molar-refractivity contribution is -0.188. The van der Waals surface area contributed by atoms with E-state index in [1.54, 1.807) is 0 Å². The molecule has 210 valence electrons. The zero-order chi connectivity index (χ0) is 27.8. The molecule has 3 aliphatic carbocycles. The van der Waals surface area contributed by atoms with Gasteiger partial charge in [-0.3, -0.25) is 14.5 Å². The van der Waals surface area contributed by atoms with Crippen molar-refractivity contribution in [3.63, 3.8) is 0 Å². The third-order valence-corrected chi connectivity index (χ3v) is 10.6. The molecule has 3 fully saturated rings. The fraction of sp³-hybridized carbons (Fsp3) is 0.429. The summed E-state index contributed by atoms with van der Waals surface area (Å²) in [5.41, 5.74) is 4.27. The smallest absolute Gasteiger partial charge is 0.255 e. The molecule has 6 heteroatoms. The van der Waals surface area contributed by atoms with E-state index in [1.807, 2.05) is 24.3 Å². The quantitative estimate of drug-likeness (QED) is 0.456. The van der Waals surface area contributed by atoms with Gasteiger partial charge in [-0.15, -0.1) is 0 Å². The van der Waals surface area contributed by atoms with Gasteiger partial charge in [0.25, 0.3) is 5.91 Å². The van der Waals surface area contributed by atoms with E-state index in [0.29, 0.717) is 43.5 Å². The van der Waals surface area contributed by atoms with Crippen LogP contribution >= 0.6 is 0 Å². The van der Waals surface area contributed by atoms with Crippen molar-refractivity contribution in [2.45, 2.75) is 68.1 Å². The highest BCUT2D eigenvalue weighted by Gasteiger charge is 2.73. The minimum absolute atomic E-state index is 0.0116. The molecule has 3 aromatic rings. The highest BCUT2D eigenvalue weighted by atomic mass is 16.5. The number of carbonyl (C=O) groups excluding carboxylic acids is 2. The number of Topliss-reactive ketones (excluding diaryl/α,β-unsaturated/α-hetero) is 1. The van der Waals surface area contributed by atoms with Crippen LogP contribution in [-0.4, -0.2) is 59.1 Å². The fourth-order valence-electron chi connectivity index (χ4n) is 8.37. The standard InChI is InChI=1S/C35H36N2O4/c38-28-14-16-35(40)29-20-26-12-13-27(31-30(26)34(35,32(28)41-31)17-19-37(29)21-23-6-7-23)33(39)36-18-15-22-8-10-25(11-9-22)24-4-2-1-3-5-24/h1-5,8-13,23,29,32,40H,6-7,14-21H2,(H,36,39)/t29-,32?,34+,35-/m1/s1. The minimum Gasteiger partial charge on any atom is -0.480 e. The van der Waals surface area contributed by atoms with E-state index >= 15 is 0 Å². The number of rotatable bonds is 7. The van der Waals surface area contributed by atoms with Crippen LogP contribution < -0.4 is 10.1 Å². The molecule has 8 rings (SSSR count). The van der Waals surface area contributed by atoms with E-state index < -0.39 is 17.1 Å². The predicted octanol–water partition coefficient (Wildman–Crippen LogP) is 4.46. The van der Waals surface area contributed by atoms with Gasteiger partial charge in [-0.2, -0.15) is 0 Å². The van der Waals surface area contributed by atoms with E-state index in [9.17, 15) is 14.7 Å². The van der Waals surface area contributed by atoms with Crippen LogP contribution in [0.4, 0.5) is 0 Å². The molecular weight excluding hydrogens is 512 g/mol. The van der Waals surface area contributed by atoms with Crippen molar-refractivity contribution in [3.05, 3.63) is 89.0 Å². The first kappa shape index (κ1) is 25.2. The monoisotopic (exact) mass is 548 g/mol. The van der Waals surface area contributed by atoms with Crippen molar-refractivity contribution in [3.8, 4) is 16.9 Å². The van der Waals surface area contributed by atoms with Crippen LogP contribution in [-0.2, 0) is 23.1 Å². The Hall–Kier alpha value is -3.48. The van der Waals surface area contributed by atoms with Gasteiger partial charge in [0.2, 0.25) is 0 Å². The molecule has 2 saturated carbocycles. The number of aliphatic hydroxyl groups is 1. The normalized spacial score (nSPS) is 29.5. The van der Waals surface area contributed by atoms with Gasteiger partial charge in [0, 0.05) is 31.1 Å². The third-order valence-electron chi connectivity index (χ3n) is 10.6. The van der Waals surface area contributed by atoms with Gasteiger partial charge in [-0.25, -0.2) is 0 Å². The molecule has 1 spiro atoms. The Morgan fingerprint density at radius 1 is 1.00 bits per heavy atom. The lowest BCUT2D eigenvalue weighted by atomic mass is 9.49. The molecule has 41 heavy (non-hydrogen) atoms.